The molecule has 2 nitrogen and oxygen atoms in total. The molecule has 0 radical (unpaired) electrons. The van der Waals surface area contributed by atoms with E-state index in [1.807, 2.05) is 6.92 Å². The Kier molecular flexibility index (Phi) is 3.50. The highest BCUT2D eigenvalue weighted by molar-refractivity contribution is 8.13. The van der Waals surface area contributed by atoms with Gasteiger partial charge in [0, 0.05) is 10.7 Å². The number of halogens is 2. The van der Waals surface area contributed by atoms with Gasteiger partial charge in [-0.1, -0.05) is 29.8 Å². The van der Waals surface area contributed by atoms with E-state index in [-0.39, 0.29) is 0 Å². The van der Waals surface area contributed by atoms with Crippen LogP contribution in [0.3, 0.4) is 0 Å². The fourth-order valence-corrected chi connectivity index (χ4v) is 1.92. The monoisotopic (exact) mass is 236 g/mol. The van der Waals surface area contributed by atoms with E-state index in [1.54, 1.807) is 24.3 Å². The van der Waals surface area contributed by atoms with Crippen molar-refractivity contribution in [2.75, 3.05) is 5.75 Å². The van der Waals surface area contributed by atoms with Crippen molar-refractivity contribution in [3.05, 3.63) is 35.4 Å². The quantitative estimate of drug-likeness (QED) is 0.756. The van der Waals surface area contributed by atoms with E-state index in [0.717, 1.165) is 5.56 Å². The van der Waals surface area contributed by atoms with Gasteiger partial charge < -0.3 is 0 Å². The van der Waals surface area contributed by atoms with Gasteiger partial charge in [-0.3, -0.25) is 0 Å². The van der Waals surface area contributed by atoms with Gasteiger partial charge in [-0.2, -0.15) is 0 Å². The maximum Gasteiger partial charge on any atom is 0.235 e. The number of rotatable bonds is 3. The molecule has 1 aromatic carbocycles. The van der Waals surface area contributed by atoms with Crippen LogP contribution in [0.15, 0.2) is 24.3 Å². The van der Waals surface area contributed by atoms with Crippen LogP contribution >= 0.6 is 10.7 Å². The largest absolute Gasteiger partial charge is 0.241 e. The highest BCUT2D eigenvalue weighted by Crippen LogP contribution is 2.21. The Morgan fingerprint density at radius 1 is 1.36 bits per heavy atom. The van der Waals surface area contributed by atoms with Gasteiger partial charge in [0.1, 0.15) is 11.9 Å². The second-order valence-corrected chi connectivity index (χ2v) is 5.91. The number of hydrogen-bond donors (Lipinski definition) is 0. The summed E-state index contributed by atoms with van der Waals surface area (Å²) in [5, 5.41) is 0. The number of benzene rings is 1. The maximum atomic E-state index is 13.3. The summed E-state index contributed by atoms with van der Waals surface area (Å²) in [5.74, 6) is -0.683. The smallest absolute Gasteiger partial charge is 0.235 e. The summed E-state index contributed by atoms with van der Waals surface area (Å²) in [7, 11) is 1.16. The Hall–Kier alpha value is -0.610. The van der Waals surface area contributed by atoms with Crippen LogP contribution in [-0.4, -0.2) is 14.2 Å². The van der Waals surface area contributed by atoms with Crippen LogP contribution in [0.4, 0.5) is 4.39 Å². The van der Waals surface area contributed by atoms with Gasteiger partial charge in [-0.15, -0.1) is 0 Å². The molecule has 0 aliphatic carbocycles. The first-order valence-corrected chi connectivity index (χ1v) is 6.49. The Bertz CT molecular complexity index is 399. The number of hydrogen-bond acceptors (Lipinski definition) is 2. The first-order valence-electron chi connectivity index (χ1n) is 4.01. The lowest BCUT2D eigenvalue weighted by Gasteiger charge is -2.06. The van der Waals surface area contributed by atoms with Crippen molar-refractivity contribution >= 4 is 19.7 Å². The summed E-state index contributed by atoms with van der Waals surface area (Å²) in [5.41, 5.74) is 1.33. The van der Waals surface area contributed by atoms with E-state index >= 15 is 0 Å². The molecule has 5 heteroatoms. The molecule has 1 rings (SSSR count). The molecule has 1 atom stereocenters. The molecule has 0 fully saturated rings. The zero-order valence-corrected chi connectivity index (χ0v) is 9.15. The third kappa shape index (κ3) is 3.64. The van der Waals surface area contributed by atoms with E-state index in [1.165, 1.54) is 0 Å². The number of alkyl halides is 1. The minimum Gasteiger partial charge on any atom is -0.241 e. The Balaban J connectivity index is 2.80. The van der Waals surface area contributed by atoms with Gasteiger partial charge in [-0.05, 0) is 12.5 Å². The minimum absolute atomic E-state index is 0.333. The molecule has 0 aliphatic heterocycles. The minimum atomic E-state index is -3.78. The predicted octanol–water partition coefficient (Wildman–Crippen LogP) is 2.57. The summed E-state index contributed by atoms with van der Waals surface area (Å²) in [4.78, 5) is 0. The first kappa shape index (κ1) is 11.5. The average Bonchev–Trinajstić information content (AvgIpc) is 2.02. The molecule has 0 amide bonds. The van der Waals surface area contributed by atoms with E-state index in [9.17, 15) is 12.8 Å². The van der Waals surface area contributed by atoms with E-state index in [2.05, 4.69) is 0 Å². The molecule has 1 unspecified atom stereocenters. The summed E-state index contributed by atoms with van der Waals surface area (Å²) in [6, 6.07) is 6.57. The van der Waals surface area contributed by atoms with Crippen molar-refractivity contribution in [3.8, 4) is 0 Å². The lowest BCUT2D eigenvalue weighted by molar-refractivity contribution is 0.375. The van der Waals surface area contributed by atoms with Crippen molar-refractivity contribution in [2.24, 2.45) is 0 Å². The van der Waals surface area contributed by atoms with Crippen molar-refractivity contribution in [3.63, 3.8) is 0 Å². The fourth-order valence-electron chi connectivity index (χ4n) is 1.05. The second-order valence-electron chi connectivity index (χ2n) is 3.08. The first-order chi connectivity index (χ1) is 6.38. The molecule has 0 saturated heterocycles. The molecule has 14 heavy (non-hydrogen) atoms. The molecular formula is C9H10ClFO2S. The van der Waals surface area contributed by atoms with Gasteiger partial charge in [0.05, 0.1) is 0 Å². The molecule has 0 heterocycles. The summed E-state index contributed by atoms with van der Waals surface area (Å²) in [6.45, 7) is 1.87. The summed E-state index contributed by atoms with van der Waals surface area (Å²) < 4.78 is 34.5. The van der Waals surface area contributed by atoms with Crippen molar-refractivity contribution < 1.29 is 12.8 Å². The van der Waals surface area contributed by atoms with Crippen LogP contribution < -0.4 is 0 Å². The summed E-state index contributed by atoms with van der Waals surface area (Å²) >= 11 is 0. The Morgan fingerprint density at radius 2 is 1.86 bits per heavy atom. The van der Waals surface area contributed by atoms with Crippen LogP contribution in [0.2, 0.25) is 0 Å². The molecule has 0 aliphatic rings. The zero-order valence-electron chi connectivity index (χ0n) is 7.57. The molecule has 0 N–H and O–H groups in total. The van der Waals surface area contributed by atoms with Crippen LogP contribution in [-0.2, 0) is 9.05 Å². The van der Waals surface area contributed by atoms with Crippen LogP contribution in [0.5, 0.6) is 0 Å². The lowest BCUT2D eigenvalue weighted by Crippen LogP contribution is -2.05. The van der Waals surface area contributed by atoms with Crippen LogP contribution in [0.25, 0.3) is 0 Å². The Morgan fingerprint density at radius 3 is 2.29 bits per heavy atom. The van der Waals surface area contributed by atoms with Gasteiger partial charge >= 0.3 is 0 Å². The van der Waals surface area contributed by atoms with Gasteiger partial charge in [0.15, 0.2) is 0 Å². The van der Waals surface area contributed by atoms with Gasteiger partial charge in [0.2, 0.25) is 9.05 Å². The van der Waals surface area contributed by atoms with Gasteiger partial charge in [-0.25, -0.2) is 12.8 Å². The van der Waals surface area contributed by atoms with Crippen molar-refractivity contribution in [2.45, 2.75) is 13.1 Å². The Labute approximate surface area is 87.1 Å². The van der Waals surface area contributed by atoms with Gasteiger partial charge in [0.25, 0.3) is 0 Å². The molecule has 0 aromatic heterocycles. The van der Waals surface area contributed by atoms with E-state index in [4.69, 9.17) is 10.7 Å². The van der Waals surface area contributed by atoms with Crippen LogP contribution in [0.1, 0.15) is 17.3 Å². The van der Waals surface area contributed by atoms with Crippen molar-refractivity contribution in [1.29, 1.82) is 0 Å². The third-order valence-electron chi connectivity index (χ3n) is 1.78. The average molecular weight is 237 g/mol. The maximum absolute atomic E-state index is 13.3. The standard InChI is InChI=1S/C9H10ClFO2S/c1-7-2-4-8(5-3-7)9(11)6-14(10,12)13/h2-5,9H,6H2,1H3. The molecular weight excluding hydrogens is 227 g/mol. The predicted molar refractivity (Wildman–Crippen MR) is 54.7 cm³/mol. The van der Waals surface area contributed by atoms with Crippen LogP contribution in [0, 0.1) is 6.92 Å². The highest BCUT2D eigenvalue weighted by Gasteiger charge is 2.17. The van der Waals surface area contributed by atoms with Crippen molar-refractivity contribution in [1.82, 2.24) is 0 Å². The molecule has 0 saturated carbocycles. The second kappa shape index (κ2) is 4.28. The fraction of sp³-hybridized carbons (Fsp3) is 0.333. The molecule has 1 aromatic rings. The third-order valence-corrected chi connectivity index (χ3v) is 2.85. The normalized spacial score (nSPS) is 13.9. The summed E-state index contributed by atoms with van der Waals surface area (Å²) in [6.07, 6.45) is -1.56. The highest BCUT2D eigenvalue weighted by atomic mass is 35.7. The SMILES string of the molecule is Cc1ccc(C(F)CS(=O)(=O)Cl)cc1. The van der Waals surface area contributed by atoms with E-state index in [0.29, 0.717) is 5.56 Å². The topological polar surface area (TPSA) is 34.1 Å². The molecule has 0 spiro atoms. The molecule has 78 valence electrons. The zero-order chi connectivity index (χ0) is 10.8. The lowest BCUT2D eigenvalue weighted by atomic mass is 10.1. The molecule has 0 bridgehead atoms. The number of aryl methyl sites for hydroxylation is 1. The van der Waals surface area contributed by atoms with E-state index < -0.39 is 21.0 Å².